The minimum Gasteiger partial charge on any atom is -0.356 e. The van der Waals surface area contributed by atoms with E-state index in [-0.39, 0.29) is 24.0 Å². The minimum atomic E-state index is -4.18. The van der Waals surface area contributed by atoms with E-state index in [1.165, 1.54) is 11.8 Å². The number of hydrogen-bond donors (Lipinski definition) is 1. The zero-order valence-corrected chi connectivity index (χ0v) is 18.3. The molecule has 0 saturated carbocycles. The molecule has 1 aliphatic rings. The quantitative estimate of drug-likeness (QED) is 0.391. The molecule has 0 amide bonds. The van der Waals surface area contributed by atoms with E-state index in [1.807, 2.05) is 39.9 Å². The van der Waals surface area contributed by atoms with Crippen LogP contribution in [0.5, 0.6) is 0 Å². The molecule has 156 valence electrons. The van der Waals surface area contributed by atoms with Crippen molar-refractivity contribution in [1.29, 1.82) is 0 Å². The van der Waals surface area contributed by atoms with Crippen molar-refractivity contribution < 1.29 is 13.2 Å². The first-order valence-electron chi connectivity index (χ1n) is 9.07. The van der Waals surface area contributed by atoms with Crippen molar-refractivity contribution in [2.45, 2.75) is 25.6 Å². The molecule has 0 aromatic carbocycles. The lowest BCUT2D eigenvalue weighted by molar-refractivity contribution is -0.181. The summed E-state index contributed by atoms with van der Waals surface area (Å²) in [6, 6.07) is 4.45. The number of imidazole rings is 1. The van der Waals surface area contributed by atoms with Crippen LogP contribution in [0.25, 0.3) is 5.65 Å². The van der Waals surface area contributed by atoms with Gasteiger partial charge in [0, 0.05) is 58.6 Å². The number of rotatable bonds is 4. The van der Waals surface area contributed by atoms with Crippen LogP contribution < -0.4 is 5.32 Å². The van der Waals surface area contributed by atoms with E-state index in [0.717, 1.165) is 23.7 Å². The summed E-state index contributed by atoms with van der Waals surface area (Å²) in [5.74, 6) is 0.720. The molecule has 0 bridgehead atoms. The highest BCUT2D eigenvalue weighted by molar-refractivity contribution is 14.0. The van der Waals surface area contributed by atoms with Crippen LogP contribution in [0.2, 0.25) is 0 Å². The Labute approximate surface area is 179 Å². The molecule has 1 atom stereocenters. The first-order valence-corrected chi connectivity index (χ1v) is 9.07. The fourth-order valence-corrected chi connectivity index (χ4v) is 3.27. The van der Waals surface area contributed by atoms with Crippen LogP contribution in [0, 0.1) is 0 Å². The first kappa shape index (κ1) is 22.7. The van der Waals surface area contributed by atoms with Crippen molar-refractivity contribution in [3.63, 3.8) is 0 Å². The van der Waals surface area contributed by atoms with Crippen molar-refractivity contribution in [2.75, 3.05) is 39.8 Å². The number of aromatic nitrogens is 2. The Balaban J connectivity index is 0.00000280. The fraction of sp³-hybridized carbons (Fsp3) is 0.556. The molecule has 3 rings (SSSR count). The fourth-order valence-electron chi connectivity index (χ4n) is 3.27. The maximum atomic E-state index is 12.9. The predicted octanol–water partition coefficient (Wildman–Crippen LogP) is 2.64. The number of nitrogens with zero attached hydrogens (tertiary/aromatic N) is 5. The van der Waals surface area contributed by atoms with Gasteiger partial charge in [-0.15, -0.1) is 24.0 Å². The van der Waals surface area contributed by atoms with Crippen molar-refractivity contribution in [1.82, 2.24) is 24.5 Å². The minimum absolute atomic E-state index is 0. The molecule has 2 aromatic heterocycles. The molecule has 6 nitrogen and oxygen atoms in total. The largest absolute Gasteiger partial charge is 0.403 e. The Bertz CT molecular complexity index is 750. The van der Waals surface area contributed by atoms with Crippen molar-refractivity contribution >= 4 is 35.6 Å². The first-order chi connectivity index (χ1) is 12.9. The number of fused-ring (bicyclic) bond motifs is 1. The third kappa shape index (κ3) is 5.49. The molecule has 0 spiro atoms. The normalized spacial score (nSPS) is 17.5. The zero-order valence-electron chi connectivity index (χ0n) is 16.0. The highest BCUT2D eigenvalue weighted by Gasteiger charge is 2.41. The second-order valence-electron chi connectivity index (χ2n) is 6.66. The molecule has 1 aliphatic heterocycles. The summed E-state index contributed by atoms with van der Waals surface area (Å²) in [6.45, 7) is 3.66. The smallest absolute Gasteiger partial charge is 0.356 e. The summed E-state index contributed by atoms with van der Waals surface area (Å²) in [5, 5.41) is 3.29. The van der Waals surface area contributed by atoms with Crippen molar-refractivity contribution in [3.8, 4) is 0 Å². The van der Waals surface area contributed by atoms with E-state index in [0.29, 0.717) is 32.7 Å². The lowest BCUT2D eigenvalue weighted by Gasteiger charge is -2.39. The maximum Gasteiger partial charge on any atom is 0.403 e. The van der Waals surface area contributed by atoms with Gasteiger partial charge in [-0.3, -0.25) is 9.89 Å². The number of nitrogens with one attached hydrogen (secondary N) is 1. The third-order valence-corrected chi connectivity index (χ3v) is 4.93. The maximum absolute atomic E-state index is 12.9. The Hall–Kier alpha value is -1.56. The van der Waals surface area contributed by atoms with Crippen LogP contribution in [0.15, 0.2) is 35.6 Å². The van der Waals surface area contributed by atoms with Crippen LogP contribution in [0.1, 0.15) is 12.6 Å². The van der Waals surface area contributed by atoms with Gasteiger partial charge in [0.25, 0.3) is 0 Å². The summed E-state index contributed by atoms with van der Waals surface area (Å²) < 4.78 is 40.6. The van der Waals surface area contributed by atoms with Crippen molar-refractivity contribution in [3.05, 3.63) is 36.3 Å². The number of guanidine groups is 1. The van der Waals surface area contributed by atoms with Crippen LogP contribution in [-0.4, -0.2) is 77.1 Å². The predicted molar refractivity (Wildman–Crippen MR) is 114 cm³/mol. The summed E-state index contributed by atoms with van der Waals surface area (Å²) in [5.41, 5.74) is 1.89. The van der Waals surface area contributed by atoms with Crippen LogP contribution >= 0.6 is 24.0 Å². The Kier molecular flexibility index (Phi) is 7.93. The second-order valence-corrected chi connectivity index (χ2v) is 6.66. The molecule has 1 saturated heterocycles. The molecule has 28 heavy (non-hydrogen) atoms. The van der Waals surface area contributed by atoms with Gasteiger partial charge >= 0.3 is 6.18 Å². The van der Waals surface area contributed by atoms with Crippen LogP contribution in [0.4, 0.5) is 13.2 Å². The molecule has 2 aromatic rings. The summed E-state index contributed by atoms with van der Waals surface area (Å²) in [4.78, 5) is 12.3. The molecule has 10 heteroatoms. The summed E-state index contributed by atoms with van der Waals surface area (Å²) in [6.07, 6.45) is 0.513. The molecule has 0 radical (unpaired) electrons. The molecule has 3 heterocycles. The second kappa shape index (κ2) is 9.77. The Morgan fingerprint density at radius 3 is 2.57 bits per heavy atom. The van der Waals surface area contributed by atoms with Gasteiger partial charge in [0.2, 0.25) is 0 Å². The van der Waals surface area contributed by atoms with E-state index >= 15 is 0 Å². The molecule has 0 aliphatic carbocycles. The van der Waals surface area contributed by atoms with E-state index < -0.39 is 12.2 Å². The molecular weight excluding hydrogens is 484 g/mol. The topological polar surface area (TPSA) is 48.2 Å². The monoisotopic (exact) mass is 510 g/mol. The highest BCUT2D eigenvalue weighted by Crippen LogP contribution is 2.25. The van der Waals surface area contributed by atoms with Gasteiger partial charge in [0.15, 0.2) is 5.96 Å². The number of halogens is 4. The summed E-state index contributed by atoms with van der Waals surface area (Å²) >= 11 is 0. The van der Waals surface area contributed by atoms with Crippen molar-refractivity contribution in [2.24, 2.45) is 4.99 Å². The summed E-state index contributed by atoms with van der Waals surface area (Å²) in [7, 11) is 1.69. The molecular formula is C18H26F3IN6. The van der Waals surface area contributed by atoms with Gasteiger partial charge in [-0.1, -0.05) is 6.07 Å². The zero-order chi connectivity index (χ0) is 19.4. The van der Waals surface area contributed by atoms with Gasteiger partial charge in [-0.2, -0.15) is 13.2 Å². The van der Waals surface area contributed by atoms with E-state index in [9.17, 15) is 13.2 Å². The third-order valence-electron chi connectivity index (χ3n) is 4.93. The van der Waals surface area contributed by atoms with Gasteiger partial charge in [-0.05, 0) is 19.1 Å². The number of pyridine rings is 1. The Morgan fingerprint density at radius 1 is 1.25 bits per heavy atom. The number of hydrogen-bond acceptors (Lipinski definition) is 3. The van der Waals surface area contributed by atoms with Gasteiger partial charge < -0.3 is 14.6 Å². The lowest BCUT2D eigenvalue weighted by Crippen LogP contribution is -2.56. The van der Waals surface area contributed by atoms with Gasteiger partial charge in [0.05, 0.1) is 5.69 Å². The highest BCUT2D eigenvalue weighted by atomic mass is 127. The number of aliphatic imine (C=N–C) groups is 1. The average Bonchev–Trinajstić information content (AvgIpc) is 3.07. The van der Waals surface area contributed by atoms with Crippen LogP contribution in [-0.2, 0) is 6.42 Å². The van der Waals surface area contributed by atoms with E-state index in [4.69, 9.17) is 0 Å². The number of alkyl halides is 3. The van der Waals surface area contributed by atoms with E-state index in [2.05, 4.69) is 15.3 Å². The van der Waals surface area contributed by atoms with Gasteiger partial charge in [-0.25, -0.2) is 4.98 Å². The number of piperazine rings is 1. The van der Waals surface area contributed by atoms with Gasteiger partial charge in [0.1, 0.15) is 11.7 Å². The average molecular weight is 510 g/mol. The van der Waals surface area contributed by atoms with Crippen LogP contribution in [0.3, 0.4) is 0 Å². The van der Waals surface area contributed by atoms with E-state index in [1.54, 1.807) is 7.05 Å². The lowest BCUT2D eigenvalue weighted by atomic mass is 10.2. The SMILES string of the molecule is CN=C(NCCc1cn2ccccc2n1)N1CCN(C(C)C(F)(F)F)CC1.I. The standard InChI is InChI=1S/C18H25F3N6.HI/c1-14(18(19,20)21)25-9-11-26(12-10-25)17(22-2)23-7-6-15-13-27-8-4-3-5-16(27)24-15;/h3-5,8,13-14H,6-7,9-12H2,1-2H3,(H,22,23);1H. The Morgan fingerprint density at radius 2 is 1.96 bits per heavy atom. The molecule has 1 fully saturated rings. The molecule has 1 unspecified atom stereocenters. The molecule has 1 N–H and O–H groups in total.